The van der Waals surface area contributed by atoms with E-state index in [9.17, 15) is 20.0 Å². The lowest BCUT2D eigenvalue weighted by Gasteiger charge is -2.13. The number of carboxylic acids is 1. The molecule has 0 amide bonds. The second-order valence-electron chi connectivity index (χ2n) is 5.81. The normalized spacial score (nSPS) is 11.5. The highest BCUT2D eigenvalue weighted by Crippen LogP contribution is 2.32. The van der Waals surface area contributed by atoms with Crippen molar-refractivity contribution in [3.8, 4) is 5.88 Å². The predicted octanol–water partition coefficient (Wildman–Crippen LogP) is 3.62. The van der Waals surface area contributed by atoms with E-state index in [4.69, 9.17) is 4.74 Å². The van der Waals surface area contributed by atoms with Crippen molar-refractivity contribution in [3.05, 3.63) is 99.7 Å². The van der Waals surface area contributed by atoms with Gasteiger partial charge in [-0.3, -0.25) is 15.1 Å². The number of ether oxygens (including phenoxy) is 1. The summed E-state index contributed by atoms with van der Waals surface area (Å²) in [5.74, 6) is -2.27. The molecule has 3 rings (SSSR count). The van der Waals surface area contributed by atoms with E-state index in [0.717, 1.165) is 0 Å². The maximum absolute atomic E-state index is 12.0. The monoisotopic (exact) mass is 377 g/mol. The van der Waals surface area contributed by atoms with Gasteiger partial charge in [0.2, 0.25) is 5.76 Å². The average Bonchev–Trinajstić information content (AvgIpc) is 2.70. The molecule has 0 atom stereocenters. The first-order valence-corrected chi connectivity index (χ1v) is 8.19. The molecule has 0 saturated carbocycles. The van der Waals surface area contributed by atoms with E-state index in [0.29, 0.717) is 16.7 Å². The molecule has 2 heterocycles. The summed E-state index contributed by atoms with van der Waals surface area (Å²) in [6.07, 6.45) is 4.42. The summed E-state index contributed by atoms with van der Waals surface area (Å²) in [5.41, 5.74) is 1.41. The fraction of sp³-hybridized carbons (Fsp3) is 0.0500. The van der Waals surface area contributed by atoms with Crippen LogP contribution >= 0.6 is 0 Å². The minimum Gasteiger partial charge on any atom is -0.475 e. The highest BCUT2D eigenvalue weighted by atomic mass is 16.6. The minimum atomic E-state index is -1.39. The van der Waals surface area contributed by atoms with Crippen LogP contribution in [0.5, 0.6) is 5.88 Å². The van der Waals surface area contributed by atoms with Crippen molar-refractivity contribution >= 4 is 17.2 Å². The first kappa shape index (κ1) is 18.7. The maximum Gasteiger partial charge on any atom is 0.372 e. The van der Waals surface area contributed by atoms with E-state index >= 15 is 0 Å². The van der Waals surface area contributed by atoms with Gasteiger partial charge >= 0.3 is 11.7 Å². The fourth-order valence-electron chi connectivity index (χ4n) is 2.59. The molecule has 0 saturated heterocycles. The van der Waals surface area contributed by atoms with Gasteiger partial charge in [-0.15, -0.1) is 0 Å². The van der Waals surface area contributed by atoms with Crippen LogP contribution in [0.25, 0.3) is 5.57 Å². The molecule has 28 heavy (non-hydrogen) atoms. The summed E-state index contributed by atoms with van der Waals surface area (Å²) < 4.78 is 5.49. The Kier molecular flexibility index (Phi) is 5.40. The zero-order valence-electron chi connectivity index (χ0n) is 14.8. The van der Waals surface area contributed by atoms with E-state index in [1.165, 1.54) is 18.5 Å². The molecule has 0 aliphatic carbocycles. The molecular formula is C20H15N3O5. The predicted molar refractivity (Wildman–Crippen MR) is 101 cm³/mol. The van der Waals surface area contributed by atoms with Crippen LogP contribution in [0.15, 0.2) is 72.9 Å². The lowest BCUT2D eigenvalue weighted by Crippen LogP contribution is -2.13. The standard InChI is InChI=1S/C20H15N3O5/c1-13-10-16(23(26)27)19(22-11-13)28-18(20(24)25)17(14-6-3-2-4-7-14)15-8-5-9-21-12-15/h2-12H,1H3,(H,24,25)/b18-17-. The number of hydrogen-bond acceptors (Lipinski definition) is 6. The Hall–Kier alpha value is -4.07. The van der Waals surface area contributed by atoms with Crippen molar-refractivity contribution in [2.75, 3.05) is 0 Å². The van der Waals surface area contributed by atoms with Crippen LogP contribution < -0.4 is 4.74 Å². The molecule has 8 nitrogen and oxygen atoms in total. The van der Waals surface area contributed by atoms with E-state index in [1.807, 2.05) is 0 Å². The third kappa shape index (κ3) is 4.01. The molecule has 0 unspecified atom stereocenters. The number of pyridine rings is 2. The number of nitro groups is 1. The van der Waals surface area contributed by atoms with Crippen molar-refractivity contribution < 1.29 is 19.6 Å². The molecule has 0 aliphatic heterocycles. The number of rotatable bonds is 6. The van der Waals surface area contributed by atoms with Crippen LogP contribution in [0.4, 0.5) is 5.69 Å². The van der Waals surface area contributed by atoms with Crippen molar-refractivity contribution in [1.82, 2.24) is 9.97 Å². The summed E-state index contributed by atoms with van der Waals surface area (Å²) >= 11 is 0. The number of hydrogen-bond donors (Lipinski definition) is 1. The second kappa shape index (κ2) is 8.09. The molecule has 1 N–H and O–H groups in total. The van der Waals surface area contributed by atoms with Gasteiger partial charge in [0, 0.05) is 35.8 Å². The van der Waals surface area contributed by atoms with Gasteiger partial charge in [-0.2, -0.15) is 0 Å². The summed E-state index contributed by atoms with van der Waals surface area (Å²) in [4.78, 5) is 30.7. The number of aryl methyl sites for hydroxylation is 1. The highest BCUT2D eigenvalue weighted by Gasteiger charge is 2.25. The Balaban J connectivity index is 2.23. The van der Waals surface area contributed by atoms with Crippen molar-refractivity contribution in [2.24, 2.45) is 0 Å². The van der Waals surface area contributed by atoms with Gasteiger partial charge < -0.3 is 9.84 Å². The van der Waals surface area contributed by atoms with Crippen LogP contribution in [0, 0.1) is 17.0 Å². The van der Waals surface area contributed by atoms with Crippen molar-refractivity contribution in [3.63, 3.8) is 0 Å². The largest absolute Gasteiger partial charge is 0.475 e. The quantitative estimate of drug-likeness (QED) is 0.302. The van der Waals surface area contributed by atoms with Gasteiger partial charge in [-0.25, -0.2) is 9.78 Å². The molecule has 0 radical (unpaired) electrons. The molecular weight excluding hydrogens is 362 g/mol. The van der Waals surface area contributed by atoms with E-state index in [2.05, 4.69) is 9.97 Å². The second-order valence-corrected chi connectivity index (χ2v) is 5.81. The number of aromatic nitrogens is 2. The molecule has 3 aromatic rings. The summed E-state index contributed by atoms with van der Waals surface area (Å²) in [6, 6.07) is 13.3. The van der Waals surface area contributed by atoms with Gasteiger partial charge in [0.1, 0.15) is 0 Å². The van der Waals surface area contributed by atoms with Gasteiger partial charge in [-0.05, 0) is 24.1 Å². The Labute approximate surface area is 159 Å². The maximum atomic E-state index is 12.0. The van der Waals surface area contributed by atoms with Gasteiger partial charge in [0.15, 0.2) is 0 Å². The summed E-state index contributed by atoms with van der Waals surface area (Å²) in [6.45, 7) is 1.64. The van der Waals surface area contributed by atoms with Crippen LogP contribution in [-0.2, 0) is 4.79 Å². The van der Waals surface area contributed by atoms with Crippen LogP contribution in [0.2, 0.25) is 0 Å². The zero-order chi connectivity index (χ0) is 20.1. The molecule has 0 spiro atoms. The topological polar surface area (TPSA) is 115 Å². The first-order chi connectivity index (χ1) is 13.5. The molecule has 140 valence electrons. The smallest absolute Gasteiger partial charge is 0.372 e. The number of carboxylic acid groups (broad SMARTS) is 1. The summed E-state index contributed by atoms with van der Waals surface area (Å²) in [5, 5.41) is 21.2. The molecule has 0 fully saturated rings. The number of benzene rings is 1. The molecule has 0 bridgehead atoms. The Morgan fingerprint density at radius 2 is 1.82 bits per heavy atom. The van der Waals surface area contributed by atoms with Crippen LogP contribution in [-0.4, -0.2) is 26.0 Å². The molecule has 2 aromatic heterocycles. The number of carbonyl (C=O) groups is 1. The van der Waals surface area contributed by atoms with E-state index in [-0.39, 0.29) is 5.57 Å². The number of nitrogens with zero attached hydrogens (tertiary/aromatic N) is 3. The SMILES string of the molecule is Cc1cnc(O/C(C(=O)O)=C(/c2ccccc2)c2cccnc2)c([N+](=O)[O-])c1. The summed E-state index contributed by atoms with van der Waals surface area (Å²) in [7, 11) is 0. The number of aliphatic carboxylic acids is 1. The lowest BCUT2D eigenvalue weighted by molar-refractivity contribution is -0.386. The Bertz CT molecular complexity index is 1010. The molecule has 0 aliphatic rings. The third-order valence-electron chi connectivity index (χ3n) is 3.80. The molecule has 1 aromatic carbocycles. The zero-order valence-corrected chi connectivity index (χ0v) is 14.8. The fourth-order valence-corrected chi connectivity index (χ4v) is 2.59. The van der Waals surface area contributed by atoms with Crippen molar-refractivity contribution in [2.45, 2.75) is 6.92 Å². The van der Waals surface area contributed by atoms with Crippen LogP contribution in [0.1, 0.15) is 16.7 Å². The first-order valence-electron chi connectivity index (χ1n) is 8.19. The average molecular weight is 377 g/mol. The Morgan fingerprint density at radius 1 is 1.11 bits per heavy atom. The van der Waals surface area contributed by atoms with Gasteiger partial charge in [0.05, 0.1) is 4.92 Å². The minimum absolute atomic E-state index is 0.234. The van der Waals surface area contributed by atoms with E-state index in [1.54, 1.807) is 55.6 Å². The molecule has 8 heteroatoms. The van der Waals surface area contributed by atoms with Crippen molar-refractivity contribution in [1.29, 1.82) is 0 Å². The highest BCUT2D eigenvalue weighted by molar-refractivity contribution is 5.99. The van der Waals surface area contributed by atoms with E-state index < -0.39 is 28.2 Å². The van der Waals surface area contributed by atoms with Gasteiger partial charge in [0.25, 0.3) is 5.88 Å². The van der Waals surface area contributed by atoms with Gasteiger partial charge in [-0.1, -0.05) is 36.4 Å². The lowest BCUT2D eigenvalue weighted by atomic mass is 9.98. The van der Waals surface area contributed by atoms with Crippen LogP contribution in [0.3, 0.4) is 0 Å². The Morgan fingerprint density at radius 3 is 2.43 bits per heavy atom. The third-order valence-corrected chi connectivity index (χ3v) is 3.80.